The van der Waals surface area contributed by atoms with Gasteiger partial charge in [0.05, 0.1) is 12.8 Å². The van der Waals surface area contributed by atoms with Gasteiger partial charge in [-0.3, -0.25) is 4.79 Å². The molecule has 3 aromatic rings. The van der Waals surface area contributed by atoms with E-state index in [0.717, 1.165) is 10.0 Å². The molecule has 0 spiro atoms. The molecule has 1 aromatic heterocycles. The Labute approximate surface area is 154 Å². The summed E-state index contributed by atoms with van der Waals surface area (Å²) in [5, 5.41) is 13.2. The molecule has 1 amide bonds. The van der Waals surface area contributed by atoms with E-state index in [2.05, 4.69) is 21.2 Å². The second kappa shape index (κ2) is 8.03. The SMILES string of the molecule is O=C(C[C@H](c1ccccc1)c1cc(Br)ccc1O)NCc1ccco1. The number of furan rings is 1. The Bertz CT molecular complexity index is 831. The molecule has 1 atom stereocenters. The average Bonchev–Trinajstić information content (AvgIpc) is 3.14. The summed E-state index contributed by atoms with van der Waals surface area (Å²) in [5.74, 6) is 0.533. The molecule has 0 aliphatic carbocycles. The highest BCUT2D eigenvalue weighted by molar-refractivity contribution is 9.10. The number of hydrogen-bond donors (Lipinski definition) is 2. The van der Waals surface area contributed by atoms with Crippen LogP contribution in [0.1, 0.15) is 29.2 Å². The number of phenolic OH excluding ortho intramolecular Hbond substituents is 1. The van der Waals surface area contributed by atoms with Crippen LogP contribution >= 0.6 is 15.9 Å². The van der Waals surface area contributed by atoms with Gasteiger partial charge in [0.15, 0.2) is 0 Å². The van der Waals surface area contributed by atoms with Crippen molar-refractivity contribution < 1.29 is 14.3 Å². The Kier molecular flexibility index (Phi) is 5.56. The van der Waals surface area contributed by atoms with Crippen LogP contribution in [0.5, 0.6) is 5.75 Å². The van der Waals surface area contributed by atoms with Crippen LogP contribution in [0.2, 0.25) is 0 Å². The van der Waals surface area contributed by atoms with Crippen molar-refractivity contribution in [3.8, 4) is 5.75 Å². The van der Waals surface area contributed by atoms with E-state index in [1.54, 1.807) is 24.5 Å². The summed E-state index contributed by atoms with van der Waals surface area (Å²) in [6, 6.07) is 18.6. The lowest BCUT2D eigenvalue weighted by Gasteiger charge is -2.19. The van der Waals surface area contributed by atoms with Crippen molar-refractivity contribution in [3.05, 3.63) is 88.3 Å². The summed E-state index contributed by atoms with van der Waals surface area (Å²) in [5.41, 5.74) is 1.69. The lowest BCUT2D eigenvalue weighted by atomic mass is 9.87. The first-order valence-electron chi connectivity index (χ1n) is 7.96. The first-order valence-corrected chi connectivity index (χ1v) is 8.75. The van der Waals surface area contributed by atoms with Gasteiger partial charge < -0.3 is 14.8 Å². The smallest absolute Gasteiger partial charge is 0.221 e. The number of benzene rings is 2. The van der Waals surface area contributed by atoms with Gasteiger partial charge in [0.1, 0.15) is 11.5 Å². The highest BCUT2D eigenvalue weighted by Gasteiger charge is 2.21. The summed E-state index contributed by atoms with van der Waals surface area (Å²) in [7, 11) is 0. The predicted octanol–water partition coefficient (Wildman–Crippen LogP) is 4.59. The summed E-state index contributed by atoms with van der Waals surface area (Å²) in [6.07, 6.45) is 1.81. The first-order chi connectivity index (χ1) is 12.1. The quantitative estimate of drug-likeness (QED) is 0.637. The van der Waals surface area contributed by atoms with Crippen LogP contribution in [0.25, 0.3) is 0 Å². The van der Waals surface area contributed by atoms with Crippen LogP contribution in [0.4, 0.5) is 0 Å². The van der Waals surface area contributed by atoms with Crippen molar-refractivity contribution in [1.29, 1.82) is 0 Å². The topological polar surface area (TPSA) is 62.5 Å². The molecule has 0 saturated carbocycles. The van der Waals surface area contributed by atoms with E-state index in [1.807, 2.05) is 42.5 Å². The summed E-state index contributed by atoms with van der Waals surface area (Å²) in [6.45, 7) is 0.345. The lowest BCUT2D eigenvalue weighted by Crippen LogP contribution is -2.24. The zero-order valence-corrected chi connectivity index (χ0v) is 15.1. The fourth-order valence-corrected chi connectivity index (χ4v) is 3.13. The number of halogens is 1. The standard InChI is InChI=1S/C20H18BrNO3/c21-15-8-9-19(23)18(11-15)17(14-5-2-1-3-6-14)12-20(24)22-13-16-7-4-10-25-16/h1-11,17,23H,12-13H2,(H,22,24)/t17-/m1/s1. The Morgan fingerprint density at radius 1 is 1.12 bits per heavy atom. The number of carbonyl (C=O) groups is 1. The zero-order chi connectivity index (χ0) is 17.6. The molecule has 4 nitrogen and oxygen atoms in total. The number of hydrogen-bond acceptors (Lipinski definition) is 3. The second-order valence-corrected chi connectivity index (χ2v) is 6.64. The normalized spacial score (nSPS) is 11.9. The van der Waals surface area contributed by atoms with E-state index in [9.17, 15) is 9.90 Å². The summed E-state index contributed by atoms with van der Waals surface area (Å²) in [4.78, 5) is 12.4. The fraction of sp³-hybridized carbons (Fsp3) is 0.150. The maximum Gasteiger partial charge on any atom is 0.221 e. The number of nitrogens with one attached hydrogen (secondary N) is 1. The van der Waals surface area contributed by atoms with E-state index < -0.39 is 0 Å². The van der Waals surface area contributed by atoms with Crippen molar-refractivity contribution in [2.24, 2.45) is 0 Å². The molecule has 0 bridgehead atoms. The first kappa shape index (κ1) is 17.3. The van der Waals surface area contributed by atoms with Gasteiger partial charge in [-0.1, -0.05) is 46.3 Å². The van der Waals surface area contributed by atoms with E-state index in [4.69, 9.17) is 4.42 Å². The van der Waals surface area contributed by atoms with Crippen molar-refractivity contribution in [1.82, 2.24) is 5.32 Å². The predicted molar refractivity (Wildman–Crippen MR) is 99.3 cm³/mol. The maximum absolute atomic E-state index is 12.4. The van der Waals surface area contributed by atoms with Crippen molar-refractivity contribution in [2.45, 2.75) is 18.9 Å². The molecule has 1 heterocycles. The van der Waals surface area contributed by atoms with Gasteiger partial charge in [0.2, 0.25) is 5.91 Å². The number of aromatic hydroxyl groups is 1. The zero-order valence-electron chi connectivity index (χ0n) is 13.5. The molecule has 2 aromatic carbocycles. The van der Waals surface area contributed by atoms with Crippen LogP contribution in [0.3, 0.4) is 0 Å². The molecular weight excluding hydrogens is 382 g/mol. The molecule has 0 unspecified atom stereocenters. The summed E-state index contributed by atoms with van der Waals surface area (Å²) >= 11 is 3.44. The molecule has 0 radical (unpaired) electrons. The van der Waals surface area contributed by atoms with E-state index in [1.165, 1.54) is 0 Å². The van der Waals surface area contributed by atoms with E-state index in [-0.39, 0.29) is 24.0 Å². The van der Waals surface area contributed by atoms with Gasteiger partial charge in [-0.05, 0) is 35.9 Å². The number of carbonyl (C=O) groups excluding carboxylic acids is 1. The van der Waals surface area contributed by atoms with Crippen LogP contribution in [0, 0.1) is 0 Å². The van der Waals surface area contributed by atoms with Crippen LogP contribution in [-0.4, -0.2) is 11.0 Å². The molecule has 3 rings (SSSR count). The minimum atomic E-state index is -0.240. The molecule has 5 heteroatoms. The second-order valence-electron chi connectivity index (χ2n) is 5.73. The third-order valence-corrected chi connectivity index (χ3v) is 4.49. The van der Waals surface area contributed by atoms with Crippen LogP contribution < -0.4 is 5.32 Å². The lowest BCUT2D eigenvalue weighted by molar-refractivity contribution is -0.121. The van der Waals surface area contributed by atoms with Gasteiger partial charge in [-0.2, -0.15) is 0 Å². The monoisotopic (exact) mass is 399 g/mol. The highest BCUT2D eigenvalue weighted by Crippen LogP contribution is 2.35. The maximum atomic E-state index is 12.4. The molecule has 128 valence electrons. The minimum Gasteiger partial charge on any atom is -0.508 e. The van der Waals surface area contributed by atoms with Crippen molar-refractivity contribution >= 4 is 21.8 Å². The van der Waals surface area contributed by atoms with E-state index in [0.29, 0.717) is 17.9 Å². The van der Waals surface area contributed by atoms with Gasteiger partial charge >= 0.3 is 0 Å². The van der Waals surface area contributed by atoms with Gasteiger partial charge in [-0.15, -0.1) is 0 Å². The highest BCUT2D eigenvalue weighted by atomic mass is 79.9. The van der Waals surface area contributed by atoms with Gasteiger partial charge in [0, 0.05) is 22.4 Å². The third kappa shape index (κ3) is 4.51. The van der Waals surface area contributed by atoms with Gasteiger partial charge in [-0.25, -0.2) is 0 Å². The molecule has 0 saturated heterocycles. The molecule has 0 aliphatic heterocycles. The summed E-state index contributed by atoms with van der Waals surface area (Å²) < 4.78 is 6.09. The number of phenols is 1. The Hall–Kier alpha value is -2.53. The average molecular weight is 400 g/mol. The third-order valence-electron chi connectivity index (χ3n) is 4.00. The fourth-order valence-electron chi connectivity index (χ4n) is 2.75. The largest absolute Gasteiger partial charge is 0.508 e. The Balaban J connectivity index is 1.81. The molecule has 25 heavy (non-hydrogen) atoms. The molecule has 0 aliphatic rings. The Morgan fingerprint density at radius 2 is 1.92 bits per heavy atom. The van der Waals surface area contributed by atoms with Crippen LogP contribution in [-0.2, 0) is 11.3 Å². The Morgan fingerprint density at radius 3 is 2.64 bits per heavy atom. The number of rotatable bonds is 6. The number of amides is 1. The molecule has 0 fully saturated rings. The van der Waals surface area contributed by atoms with Crippen molar-refractivity contribution in [2.75, 3.05) is 0 Å². The van der Waals surface area contributed by atoms with E-state index >= 15 is 0 Å². The molecule has 2 N–H and O–H groups in total. The van der Waals surface area contributed by atoms with Gasteiger partial charge in [0.25, 0.3) is 0 Å². The van der Waals surface area contributed by atoms with Crippen LogP contribution in [0.15, 0.2) is 75.8 Å². The molecular formula is C20H18BrNO3. The minimum absolute atomic E-state index is 0.107. The van der Waals surface area contributed by atoms with Crippen molar-refractivity contribution in [3.63, 3.8) is 0 Å².